The lowest BCUT2D eigenvalue weighted by Gasteiger charge is -2.08. The van der Waals surface area contributed by atoms with E-state index in [0.29, 0.717) is 5.92 Å². The molecule has 0 unspecified atom stereocenters. The van der Waals surface area contributed by atoms with Crippen molar-refractivity contribution in [3.8, 4) is 0 Å². The third kappa shape index (κ3) is 4.35. The first kappa shape index (κ1) is 18.0. The standard InChI is InChI=1S/C13H14.C9H8.C2H6/c1-10(2)12-9-5-7-11-6-3-4-8-13(11)12;1-2-5-9-7-3-6-8(9)4-1;1-2/h3-10H,1-2H3;1-6H,7H2;1-2H3. The van der Waals surface area contributed by atoms with Crippen molar-refractivity contribution >= 4 is 16.8 Å². The number of hydrogen-bond acceptors (Lipinski definition) is 0. The van der Waals surface area contributed by atoms with E-state index < -0.39 is 0 Å². The van der Waals surface area contributed by atoms with Gasteiger partial charge in [-0.3, -0.25) is 0 Å². The van der Waals surface area contributed by atoms with Crippen LogP contribution in [-0.2, 0) is 6.42 Å². The largest absolute Gasteiger partial charge is 0.0795 e. The summed E-state index contributed by atoms with van der Waals surface area (Å²) in [6.07, 6.45) is 5.50. The van der Waals surface area contributed by atoms with Crippen molar-refractivity contribution in [2.75, 3.05) is 0 Å². The minimum atomic E-state index is 0.603. The van der Waals surface area contributed by atoms with Crippen molar-refractivity contribution in [3.05, 3.63) is 89.5 Å². The molecule has 4 rings (SSSR count). The Hall–Kier alpha value is -2.34. The second kappa shape index (κ2) is 9.08. The molecule has 0 fully saturated rings. The highest BCUT2D eigenvalue weighted by Crippen LogP contribution is 2.24. The third-order valence-corrected chi connectivity index (χ3v) is 4.14. The molecule has 124 valence electrons. The van der Waals surface area contributed by atoms with Crippen LogP contribution in [0.3, 0.4) is 0 Å². The normalized spacial score (nSPS) is 11.4. The molecule has 1 aliphatic rings. The van der Waals surface area contributed by atoms with Crippen LogP contribution in [0, 0.1) is 0 Å². The van der Waals surface area contributed by atoms with Gasteiger partial charge in [0.2, 0.25) is 0 Å². The van der Waals surface area contributed by atoms with E-state index in [1.807, 2.05) is 13.8 Å². The summed E-state index contributed by atoms with van der Waals surface area (Å²) in [5.41, 5.74) is 4.29. The molecule has 1 aliphatic carbocycles. The van der Waals surface area contributed by atoms with Gasteiger partial charge in [-0.2, -0.15) is 0 Å². The van der Waals surface area contributed by atoms with Crippen LogP contribution in [0.2, 0.25) is 0 Å². The fraction of sp³-hybridized carbons (Fsp3) is 0.250. The van der Waals surface area contributed by atoms with E-state index in [2.05, 4.69) is 92.7 Å². The van der Waals surface area contributed by atoms with Gasteiger partial charge in [-0.05, 0) is 39.8 Å². The van der Waals surface area contributed by atoms with Crippen LogP contribution in [-0.4, -0.2) is 0 Å². The number of fused-ring (bicyclic) bond motifs is 2. The highest BCUT2D eigenvalue weighted by Gasteiger charge is 2.02. The Kier molecular flexibility index (Phi) is 6.81. The van der Waals surface area contributed by atoms with E-state index in [9.17, 15) is 0 Å². The average Bonchev–Trinajstić information content (AvgIpc) is 3.12. The number of hydrogen-bond donors (Lipinski definition) is 0. The van der Waals surface area contributed by atoms with Gasteiger partial charge in [-0.1, -0.05) is 107 Å². The predicted octanol–water partition coefficient (Wildman–Crippen LogP) is 7.25. The molecular formula is C24H28. The second-order valence-electron chi connectivity index (χ2n) is 6.03. The first-order chi connectivity index (χ1) is 11.8. The number of rotatable bonds is 1. The maximum Gasteiger partial charge on any atom is -0.00882 e. The Labute approximate surface area is 146 Å². The molecule has 0 spiro atoms. The molecule has 0 saturated heterocycles. The van der Waals surface area contributed by atoms with Crippen molar-refractivity contribution in [1.29, 1.82) is 0 Å². The smallest absolute Gasteiger partial charge is 0.00882 e. The molecule has 0 atom stereocenters. The summed E-state index contributed by atoms with van der Waals surface area (Å²) in [6.45, 7) is 8.48. The van der Waals surface area contributed by atoms with Gasteiger partial charge in [0.25, 0.3) is 0 Å². The van der Waals surface area contributed by atoms with Gasteiger partial charge in [0.05, 0.1) is 0 Å². The molecule has 0 saturated carbocycles. The Morgan fingerprint density at radius 1 is 0.750 bits per heavy atom. The van der Waals surface area contributed by atoms with E-state index in [-0.39, 0.29) is 0 Å². The summed E-state index contributed by atoms with van der Waals surface area (Å²) in [7, 11) is 0. The van der Waals surface area contributed by atoms with E-state index in [1.54, 1.807) is 0 Å². The molecule has 0 N–H and O–H groups in total. The number of benzene rings is 3. The van der Waals surface area contributed by atoms with E-state index in [4.69, 9.17) is 0 Å². The van der Waals surface area contributed by atoms with Crippen LogP contribution >= 0.6 is 0 Å². The zero-order valence-corrected chi connectivity index (χ0v) is 15.3. The molecule has 0 amide bonds. The summed E-state index contributed by atoms with van der Waals surface area (Å²) in [4.78, 5) is 0. The lowest BCUT2D eigenvalue weighted by atomic mass is 9.96. The fourth-order valence-electron chi connectivity index (χ4n) is 2.95. The fourth-order valence-corrected chi connectivity index (χ4v) is 2.95. The van der Waals surface area contributed by atoms with Crippen LogP contribution in [0.5, 0.6) is 0 Å². The molecule has 24 heavy (non-hydrogen) atoms. The van der Waals surface area contributed by atoms with Gasteiger partial charge in [0, 0.05) is 0 Å². The highest BCUT2D eigenvalue weighted by molar-refractivity contribution is 5.86. The van der Waals surface area contributed by atoms with Gasteiger partial charge in [0.15, 0.2) is 0 Å². The summed E-state index contributed by atoms with van der Waals surface area (Å²) >= 11 is 0. The van der Waals surface area contributed by atoms with Crippen LogP contribution in [0.25, 0.3) is 16.8 Å². The molecule has 0 radical (unpaired) electrons. The zero-order chi connectivity index (χ0) is 17.4. The molecule has 3 aromatic rings. The summed E-state index contributed by atoms with van der Waals surface area (Å²) in [6, 6.07) is 23.6. The maximum atomic E-state index is 2.24. The second-order valence-corrected chi connectivity index (χ2v) is 6.03. The molecule has 0 heteroatoms. The zero-order valence-electron chi connectivity index (χ0n) is 15.3. The van der Waals surface area contributed by atoms with Crippen LogP contribution in [0.4, 0.5) is 0 Å². The Balaban J connectivity index is 0.000000165. The Morgan fingerprint density at radius 3 is 2.17 bits per heavy atom. The first-order valence-electron chi connectivity index (χ1n) is 8.98. The van der Waals surface area contributed by atoms with E-state index in [0.717, 1.165) is 6.42 Å². The predicted molar refractivity (Wildman–Crippen MR) is 109 cm³/mol. The summed E-state index contributed by atoms with van der Waals surface area (Å²) in [5.74, 6) is 0.603. The SMILES string of the molecule is C1=Cc2ccccc2C1.CC.CC(C)c1cccc2ccccc12. The average molecular weight is 316 g/mol. The molecule has 3 aromatic carbocycles. The quantitative estimate of drug-likeness (QED) is 0.443. The van der Waals surface area contributed by atoms with Gasteiger partial charge < -0.3 is 0 Å². The van der Waals surface area contributed by atoms with Crippen molar-refractivity contribution in [2.45, 2.75) is 40.0 Å². The van der Waals surface area contributed by atoms with Crippen molar-refractivity contribution in [3.63, 3.8) is 0 Å². The molecule has 0 heterocycles. The van der Waals surface area contributed by atoms with Crippen molar-refractivity contribution in [2.24, 2.45) is 0 Å². The molecular weight excluding hydrogens is 288 g/mol. The van der Waals surface area contributed by atoms with Crippen LogP contribution < -0.4 is 0 Å². The van der Waals surface area contributed by atoms with Gasteiger partial charge >= 0.3 is 0 Å². The van der Waals surface area contributed by atoms with E-state index in [1.165, 1.54) is 27.5 Å². The lowest BCUT2D eigenvalue weighted by molar-refractivity contribution is 0.876. The molecule has 0 aromatic heterocycles. The van der Waals surface area contributed by atoms with Gasteiger partial charge in [-0.25, -0.2) is 0 Å². The van der Waals surface area contributed by atoms with Crippen LogP contribution in [0.1, 0.15) is 50.3 Å². The Morgan fingerprint density at radius 2 is 1.42 bits per heavy atom. The maximum absolute atomic E-state index is 2.24. The lowest BCUT2D eigenvalue weighted by Crippen LogP contribution is -1.88. The monoisotopic (exact) mass is 316 g/mol. The van der Waals surface area contributed by atoms with Gasteiger partial charge in [0.1, 0.15) is 0 Å². The van der Waals surface area contributed by atoms with Gasteiger partial charge in [-0.15, -0.1) is 0 Å². The Bertz CT molecular complexity index is 789. The topological polar surface area (TPSA) is 0 Å². The molecule has 0 aliphatic heterocycles. The third-order valence-electron chi connectivity index (χ3n) is 4.14. The first-order valence-corrected chi connectivity index (χ1v) is 8.98. The number of allylic oxidation sites excluding steroid dienone is 1. The summed E-state index contributed by atoms with van der Waals surface area (Å²) in [5, 5.41) is 2.73. The van der Waals surface area contributed by atoms with E-state index >= 15 is 0 Å². The van der Waals surface area contributed by atoms with Crippen molar-refractivity contribution in [1.82, 2.24) is 0 Å². The highest BCUT2D eigenvalue weighted by atomic mass is 14.1. The molecule has 0 bridgehead atoms. The van der Waals surface area contributed by atoms with Crippen LogP contribution in [0.15, 0.2) is 72.8 Å². The summed E-state index contributed by atoms with van der Waals surface area (Å²) < 4.78 is 0. The van der Waals surface area contributed by atoms with Crippen molar-refractivity contribution < 1.29 is 0 Å². The minimum Gasteiger partial charge on any atom is -0.0795 e. The molecule has 0 nitrogen and oxygen atoms in total. The minimum absolute atomic E-state index is 0.603.